The van der Waals surface area contributed by atoms with E-state index in [1.165, 1.54) is 0 Å². The van der Waals surface area contributed by atoms with Gasteiger partial charge in [-0.3, -0.25) is 9.59 Å². The molecule has 1 saturated heterocycles. The van der Waals surface area contributed by atoms with Gasteiger partial charge in [0.05, 0.1) is 11.6 Å². The Balaban J connectivity index is 1.64. The highest BCUT2D eigenvalue weighted by Crippen LogP contribution is 2.40. The van der Waals surface area contributed by atoms with Gasteiger partial charge in [0.25, 0.3) is 11.7 Å². The van der Waals surface area contributed by atoms with Crippen LogP contribution in [0.2, 0.25) is 0 Å². The number of rotatable bonds is 13. The molecule has 0 radical (unpaired) electrons. The molecule has 208 valence electrons. The van der Waals surface area contributed by atoms with Crippen molar-refractivity contribution in [1.29, 1.82) is 0 Å². The fourth-order valence-electron chi connectivity index (χ4n) is 4.75. The quantitative estimate of drug-likeness (QED) is 0.132. The molecule has 1 N–H and O–H groups in total. The Morgan fingerprint density at radius 1 is 0.925 bits per heavy atom. The zero-order chi connectivity index (χ0) is 28.5. The van der Waals surface area contributed by atoms with Gasteiger partial charge in [0, 0.05) is 18.7 Å². The second-order valence-corrected chi connectivity index (χ2v) is 9.49. The maximum Gasteiger partial charge on any atom is 0.295 e. The summed E-state index contributed by atoms with van der Waals surface area (Å²) < 4.78 is 11.5. The Morgan fingerprint density at radius 2 is 1.55 bits per heavy atom. The molecule has 0 aliphatic carbocycles. The Labute approximate surface area is 235 Å². The van der Waals surface area contributed by atoms with E-state index in [4.69, 9.17) is 9.47 Å². The molecule has 0 saturated carbocycles. The molecule has 1 aliphatic heterocycles. The predicted molar refractivity (Wildman–Crippen MR) is 156 cm³/mol. The molecule has 1 amide bonds. The molecule has 0 bridgehead atoms. The molecule has 40 heavy (non-hydrogen) atoms. The molecule has 3 aromatic rings. The van der Waals surface area contributed by atoms with Crippen molar-refractivity contribution in [3.05, 3.63) is 114 Å². The average Bonchev–Trinajstić information content (AvgIpc) is 3.25. The number of amides is 1. The summed E-state index contributed by atoms with van der Waals surface area (Å²) in [4.78, 5) is 30.4. The van der Waals surface area contributed by atoms with E-state index in [0.29, 0.717) is 48.9 Å². The van der Waals surface area contributed by atoms with Gasteiger partial charge in [0.2, 0.25) is 0 Å². The lowest BCUT2D eigenvalue weighted by atomic mass is 9.95. The first-order valence-electron chi connectivity index (χ1n) is 13.6. The first-order chi connectivity index (χ1) is 19.5. The minimum atomic E-state index is -0.724. The first kappa shape index (κ1) is 28.6. The summed E-state index contributed by atoms with van der Waals surface area (Å²) >= 11 is 0. The standard InChI is InChI=1S/C33H36N2O5/c1-4-22-39-27-16-12-25(13-17-27)30-29(32(37)33(38)35(30)21-20-34(5-2)6-3)31(36)26-14-18-28(19-15-26)40-23-24-10-8-7-9-11-24/h4,7-19,30,36H,1,5-6,20-23H2,2-3H3/b31-29+. The van der Waals surface area contributed by atoms with E-state index in [9.17, 15) is 14.7 Å². The highest BCUT2D eigenvalue weighted by molar-refractivity contribution is 6.46. The molecule has 1 aliphatic rings. The first-order valence-corrected chi connectivity index (χ1v) is 13.6. The van der Waals surface area contributed by atoms with Gasteiger partial charge in [-0.1, -0.05) is 69.0 Å². The van der Waals surface area contributed by atoms with Crippen molar-refractivity contribution in [2.75, 3.05) is 32.8 Å². The molecule has 1 fully saturated rings. The zero-order valence-electron chi connectivity index (χ0n) is 23.1. The van der Waals surface area contributed by atoms with Crippen LogP contribution < -0.4 is 9.47 Å². The van der Waals surface area contributed by atoms with Crippen LogP contribution in [0.3, 0.4) is 0 Å². The van der Waals surface area contributed by atoms with Gasteiger partial charge in [-0.25, -0.2) is 0 Å². The van der Waals surface area contributed by atoms with Crippen LogP contribution in [0.1, 0.15) is 36.6 Å². The predicted octanol–water partition coefficient (Wildman–Crippen LogP) is 5.59. The van der Waals surface area contributed by atoms with Gasteiger partial charge in [0.15, 0.2) is 0 Å². The summed E-state index contributed by atoms with van der Waals surface area (Å²) in [6.07, 6.45) is 1.66. The number of ether oxygens (including phenoxy) is 2. The van der Waals surface area contributed by atoms with Crippen molar-refractivity contribution < 1.29 is 24.2 Å². The number of likely N-dealkylation sites (tertiary alicyclic amines) is 1. The summed E-state index contributed by atoms with van der Waals surface area (Å²) in [5.41, 5.74) is 2.27. The van der Waals surface area contributed by atoms with Crippen LogP contribution in [0, 0.1) is 0 Å². The summed E-state index contributed by atoms with van der Waals surface area (Å²) in [5, 5.41) is 11.4. The number of hydrogen-bond donors (Lipinski definition) is 1. The third-order valence-corrected chi connectivity index (χ3v) is 7.03. The van der Waals surface area contributed by atoms with Crippen molar-refractivity contribution >= 4 is 17.4 Å². The Morgan fingerprint density at radius 3 is 2.17 bits per heavy atom. The largest absolute Gasteiger partial charge is 0.507 e. The van der Waals surface area contributed by atoms with Gasteiger partial charge >= 0.3 is 0 Å². The smallest absolute Gasteiger partial charge is 0.295 e. The SMILES string of the molecule is C=CCOc1ccc(C2/C(=C(\O)c3ccc(OCc4ccccc4)cc3)C(=O)C(=O)N2CCN(CC)CC)cc1. The van der Waals surface area contributed by atoms with Gasteiger partial charge < -0.3 is 24.4 Å². The number of hydrogen-bond acceptors (Lipinski definition) is 6. The number of carbonyl (C=O) groups excluding carboxylic acids is 2. The summed E-state index contributed by atoms with van der Waals surface area (Å²) in [7, 11) is 0. The van der Waals surface area contributed by atoms with Crippen LogP contribution in [0.15, 0.2) is 97.1 Å². The van der Waals surface area contributed by atoms with Crippen LogP contribution in [0.4, 0.5) is 0 Å². The molecule has 0 aromatic heterocycles. The number of aliphatic hydroxyl groups is 1. The number of likely N-dealkylation sites (N-methyl/N-ethyl adjacent to an activating group) is 1. The van der Waals surface area contributed by atoms with E-state index >= 15 is 0 Å². The second-order valence-electron chi connectivity index (χ2n) is 9.49. The molecule has 7 nitrogen and oxygen atoms in total. The minimum absolute atomic E-state index is 0.0715. The number of benzene rings is 3. The lowest BCUT2D eigenvalue weighted by Gasteiger charge is -2.28. The van der Waals surface area contributed by atoms with E-state index in [2.05, 4.69) is 25.3 Å². The van der Waals surface area contributed by atoms with E-state index in [-0.39, 0.29) is 11.3 Å². The summed E-state index contributed by atoms with van der Waals surface area (Å²) in [6, 6.07) is 23.2. The van der Waals surface area contributed by atoms with Crippen molar-refractivity contribution in [1.82, 2.24) is 9.80 Å². The molecular weight excluding hydrogens is 504 g/mol. The van der Waals surface area contributed by atoms with E-state index < -0.39 is 17.7 Å². The summed E-state index contributed by atoms with van der Waals surface area (Å²) in [6.45, 7) is 11.2. The fourth-order valence-corrected chi connectivity index (χ4v) is 4.75. The Bertz CT molecular complexity index is 1330. The molecular formula is C33H36N2O5. The third-order valence-electron chi connectivity index (χ3n) is 7.03. The van der Waals surface area contributed by atoms with Crippen LogP contribution in [0.5, 0.6) is 11.5 Å². The van der Waals surface area contributed by atoms with E-state index in [1.54, 1.807) is 47.4 Å². The monoisotopic (exact) mass is 540 g/mol. The van der Waals surface area contributed by atoms with Crippen molar-refractivity contribution in [3.63, 3.8) is 0 Å². The molecule has 3 aromatic carbocycles. The molecule has 1 unspecified atom stereocenters. The lowest BCUT2D eigenvalue weighted by Crippen LogP contribution is -2.38. The van der Waals surface area contributed by atoms with Crippen LogP contribution in [-0.4, -0.2) is 59.4 Å². The summed E-state index contributed by atoms with van der Waals surface area (Å²) in [5.74, 6) is -0.246. The second kappa shape index (κ2) is 13.6. The Hall–Kier alpha value is -4.36. The topological polar surface area (TPSA) is 79.3 Å². The number of aliphatic hydroxyl groups excluding tert-OH is 1. The van der Waals surface area contributed by atoms with Gasteiger partial charge in [-0.05, 0) is 60.6 Å². The average molecular weight is 541 g/mol. The van der Waals surface area contributed by atoms with E-state index in [0.717, 1.165) is 18.7 Å². The highest BCUT2D eigenvalue weighted by Gasteiger charge is 2.46. The van der Waals surface area contributed by atoms with E-state index in [1.807, 2.05) is 42.5 Å². The van der Waals surface area contributed by atoms with Crippen molar-refractivity contribution in [3.8, 4) is 11.5 Å². The van der Waals surface area contributed by atoms with Crippen molar-refractivity contribution in [2.45, 2.75) is 26.5 Å². The molecule has 0 spiro atoms. The number of nitrogens with zero attached hydrogens (tertiary/aromatic N) is 2. The van der Waals surface area contributed by atoms with Crippen LogP contribution >= 0.6 is 0 Å². The molecule has 4 rings (SSSR count). The zero-order valence-corrected chi connectivity index (χ0v) is 23.1. The molecule has 1 heterocycles. The number of Topliss-reactive ketones (excluding diaryl/α,β-unsaturated/α-hetero) is 1. The Kier molecular flexibility index (Phi) is 9.76. The fraction of sp³-hybridized carbons (Fsp3) is 0.273. The maximum atomic E-state index is 13.3. The number of ketones is 1. The number of carbonyl (C=O) groups is 2. The van der Waals surface area contributed by atoms with Gasteiger partial charge in [-0.15, -0.1) is 0 Å². The van der Waals surface area contributed by atoms with Gasteiger partial charge in [-0.2, -0.15) is 0 Å². The minimum Gasteiger partial charge on any atom is -0.507 e. The van der Waals surface area contributed by atoms with Gasteiger partial charge in [0.1, 0.15) is 30.5 Å². The van der Waals surface area contributed by atoms with Crippen LogP contribution in [0.25, 0.3) is 5.76 Å². The third kappa shape index (κ3) is 6.61. The molecule has 1 atom stereocenters. The maximum absolute atomic E-state index is 13.3. The molecule has 7 heteroatoms. The van der Waals surface area contributed by atoms with Crippen molar-refractivity contribution in [2.24, 2.45) is 0 Å². The highest BCUT2D eigenvalue weighted by atomic mass is 16.5. The van der Waals surface area contributed by atoms with Crippen LogP contribution in [-0.2, 0) is 16.2 Å². The normalized spacial score (nSPS) is 16.4. The lowest BCUT2D eigenvalue weighted by molar-refractivity contribution is -0.140.